The molecule has 6 heteroatoms. The predicted molar refractivity (Wildman–Crippen MR) is 103 cm³/mol. The molecule has 0 saturated carbocycles. The lowest BCUT2D eigenvalue weighted by Gasteiger charge is -2.19. The Kier molecular flexibility index (Phi) is 6.92. The lowest BCUT2D eigenvalue weighted by atomic mass is 10.1. The first-order chi connectivity index (χ1) is 12.4. The summed E-state index contributed by atoms with van der Waals surface area (Å²) in [5.41, 5.74) is 2.69. The molecule has 2 aromatic carbocycles. The highest BCUT2D eigenvalue weighted by Gasteiger charge is 2.21. The highest BCUT2D eigenvalue weighted by Crippen LogP contribution is 2.20. The van der Waals surface area contributed by atoms with Gasteiger partial charge in [-0.1, -0.05) is 38.1 Å². The Morgan fingerprint density at radius 2 is 1.77 bits per heavy atom. The summed E-state index contributed by atoms with van der Waals surface area (Å²) in [6, 6.07) is 16.7. The quantitative estimate of drug-likeness (QED) is 0.771. The molecule has 0 saturated heterocycles. The molecule has 0 aliphatic heterocycles. The third-order valence-electron chi connectivity index (χ3n) is 4.39. The van der Waals surface area contributed by atoms with Crippen molar-refractivity contribution in [3.63, 3.8) is 0 Å². The number of hydrogen-bond donors (Lipinski definition) is 1. The maximum Gasteiger partial charge on any atom is 0.243 e. The highest BCUT2D eigenvalue weighted by atomic mass is 32.2. The van der Waals surface area contributed by atoms with E-state index in [1.165, 1.54) is 4.31 Å². The van der Waals surface area contributed by atoms with Gasteiger partial charge in [0.2, 0.25) is 10.0 Å². The molecule has 138 valence electrons. The van der Waals surface area contributed by atoms with E-state index in [4.69, 9.17) is 5.26 Å². The minimum Gasteiger partial charge on any atom is -0.306 e. The Labute approximate surface area is 156 Å². The van der Waals surface area contributed by atoms with Gasteiger partial charge in [-0.25, -0.2) is 8.42 Å². The van der Waals surface area contributed by atoms with Gasteiger partial charge in [0.1, 0.15) is 0 Å². The Morgan fingerprint density at radius 3 is 2.35 bits per heavy atom. The molecule has 2 rings (SSSR count). The van der Waals surface area contributed by atoms with Gasteiger partial charge in [0, 0.05) is 25.7 Å². The van der Waals surface area contributed by atoms with Crippen molar-refractivity contribution < 1.29 is 8.42 Å². The van der Waals surface area contributed by atoms with Gasteiger partial charge in [-0.3, -0.25) is 0 Å². The van der Waals surface area contributed by atoms with Crippen molar-refractivity contribution in [2.75, 3.05) is 13.1 Å². The van der Waals surface area contributed by atoms with Gasteiger partial charge in [0.25, 0.3) is 0 Å². The van der Waals surface area contributed by atoms with E-state index in [2.05, 4.69) is 11.4 Å². The highest BCUT2D eigenvalue weighted by molar-refractivity contribution is 7.89. The molecule has 0 heterocycles. The molecule has 0 aliphatic carbocycles. The van der Waals surface area contributed by atoms with E-state index < -0.39 is 10.0 Å². The van der Waals surface area contributed by atoms with Crippen molar-refractivity contribution >= 4 is 10.0 Å². The normalized spacial score (nSPS) is 12.7. The zero-order valence-electron chi connectivity index (χ0n) is 15.4. The van der Waals surface area contributed by atoms with Gasteiger partial charge in [0.15, 0.2) is 0 Å². The van der Waals surface area contributed by atoms with E-state index in [1.54, 1.807) is 18.2 Å². The number of sulfonamides is 1. The molecule has 0 aliphatic rings. The number of hydrogen-bond acceptors (Lipinski definition) is 4. The molecule has 0 radical (unpaired) electrons. The maximum absolute atomic E-state index is 12.5. The summed E-state index contributed by atoms with van der Waals surface area (Å²) in [5.74, 6) is 0. The molecule has 1 N–H and O–H groups in total. The van der Waals surface area contributed by atoms with Crippen LogP contribution in [0.1, 0.15) is 43.5 Å². The molecule has 2 aromatic rings. The smallest absolute Gasteiger partial charge is 0.243 e. The number of rotatable bonds is 8. The van der Waals surface area contributed by atoms with E-state index in [1.807, 2.05) is 51.1 Å². The Balaban J connectivity index is 2.06. The fraction of sp³-hybridized carbons (Fsp3) is 0.350. The minimum absolute atomic E-state index is 0.0611. The SMILES string of the molecule is CCN(CC)S(=O)(=O)c1ccc(C(C)NCc2cccc(C#N)c2)cc1. The van der Waals surface area contributed by atoms with Crippen LogP contribution in [0.3, 0.4) is 0 Å². The van der Waals surface area contributed by atoms with Crippen LogP contribution >= 0.6 is 0 Å². The van der Waals surface area contributed by atoms with Crippen LogP contribution in [0.2, 0.25) is 0 Å². The first-order valence-electron chi connectivity index (χ1n) is 8.74. The third-order valence-corrected chi connectivity index (χ3v) is 6.46. The lowest BCUT2D eigenvalue weighted by Crippen LogP contribution is -2.30. The van der Waals surface area contributed by atoms with Crippen LogP contribution in [0.5, 0.6) is 0 Å². The Bertz CT molecular complexity index is 867. The molecular weight excluding hydrogens is 346 g/mol. The monoisotopic (exact) mass is 371 g/mol. The van der Waals surface area contributed by atoms with Gasteiger partial charge in [0.05, 0.1) is 16.5 Å². The summed E-state index contributed by atoms with van der Waals surface area (Å²) in [6.07, 6.45) is 0. The maximum atomic E-state index is 12.5. The zero-order chi connectivity index (χ0) is 19.2. The van der Waals surface area contributed by atoms with E-state index in [-0.39, 0.29) is 6.04 Å². The fourth-order valence-corrected chi connectivity index (χ4v) is 4.24. The average Bonchev–Trinajstić information content (AvgIpc) is 2.67. The molecule has 0 aromatic heterocycles. The molecule has 0 fully saturated rings. The van der Waals surface area contributed by atoms with Gasteiger partial charge < -0.3 is 5.32 Å². The Hall–Kier alpha value is -2.20. The van der Waals surface area contributed by atoms with Crippen molar-refractivity contribution in [3.05, 3.63) is 65.2 Å². The van der Waals surface area contributed by atoms with Gasteiger partial charge in [-0.15, -0.1) is 0 Å². The number of nitrogens with one attached hydrogen (secondary N) is 1. The zero-order valence-corrected chi connectivity index (χ0v) is 16.3. The average molecular weight is 372 g/mol. The van der Waals surface area contributed by atoms with Crippen molar-refractivity contribution in [1.82, 2.24) is 9.62 Å². The van der Waals surface area contributed by atoms with Crippen LogP contribution in [0.15, 0.2) is 53.4 Å². The van der Waals surface area contributed by atoms with Gasteiger partial charge in [-0.05, 0) is 42.3 Å². The topological polar surface area (TPSA) is 73.2 Å². The summed E-state index contributed by atoms with van der Waals surface area (Å²) in [6.45, 7) is 7.25. The number of nitrogens with zero attached hydrogens (tertiary/aromatic N) is 2. The van der Waals surface area contributed by atoms with Crippen LogP contribution in [0, 0.1) is 11.3 Å². The van der Waals surface area contributed by atoms with E-state index in [9.17, 15) is 8.42 Å². The minimum atomic E-state index is -3.42. The standard InChI is InChI=1S/C20H25N3O2S/c1-4-23(5-2)26(24,25)20-11-9-19(10-12-20)16(3)22-15-18-8-6-7-17(13-18)14-21/h6-13,16,22H,4-5,15H2,1-3H3. The van der Waals surface area contributed by atoms with E-state index in [0.717, 1.165) is 11.1 Å². The molecule has 0 spiro atoms. The molecule has 1 unspecified atom stereocenters. The third kappa shape index (κ3) is 4.70. The van der Waals surface area contributed by atoms with Crippen molar-refractivity contribution in [2.24, 2.45) is 0 Å². The molecular formula is C20H25N3O2S. The number of nitriles is 1. The van der Waals surface area contributed by atoms with Crippen molar-refractivity contribution in [1.29, 1.82) is 5.26 Å². The van der Waals surface area contributed by atoms with Crippen LogP contribution in [-0.4, -0.2) is 25.8 Å². The summed E-state index contributed by atoms with van der Waals surface area (Å²) in [4.78, 5) is 0.318. The largest absolute Gasteiger partial charge is 0.306 e. The van der Waals surface area contributed by atoms with Crippen LogP contribution < -0.4 is 5.32 Å². The first kappa shape index (κ1) is 20.1. The summed E-state index contributed by atoms with van der Waals surface area (Å²) in [7, 11) is -3.42. The van der Waals surface area contributed by atoms with Crippen LogP contribution in [-0.2, 0) is 16.6 Å². The second kappa shape index (κ2) is 8.95. The second-order valence-corrected chi connectivity index (χ2v) is 8.01. The Morgan fingerprint density at radius 1 is 1.12 bits per heavy atom. The molecule has 0 amide bonds. The molecule has 5 nitrogen and oxygen atoms in total. The van der Waals surface area contributed by atoms with Crippen molar-refractivity contribution in [2.45, 2.75) is 38.3 Å². The molecule has 0 bridgehead atoms. The summed E-state index contributed by atoms with van der Waals surface area (Å²) < 4.78 is 26.5. The van der Waals surface area contributed by atoms with Gasteiger partial charge >= 0.3 is 0 Å². The van der Waals surface area contributed by atoms with Crippen molar-refractivity contribution in [3.8, 4) is 6.07 Å². The lowest BCUT2D eigenvalue weighted by molar-refractivity contribution is 0.445. The fourth-order valence-electron chi connectivity index (χ4n) is 2.78. The molecule has 1 atom stereocenters. The van der Waals surface area contributed by atoms with Crippen LogP contribution in [0.25, 0.3) is 0 Å². The molecule has 26 heavy (non-hydrogen) atoms. The summed E-state index contributed by atoms with van der Waals surface area (Å²) in [5, 5.41) is 12.4. The van der Waals surface area contributed by atoms with Crippen LogP contribution in [0.4, 0.5) is 0 Å². The van der Waals surface area contributed by atoms with E-state index >= 15 is 0 Å². The first-order valence-corrected chi connectivity index (χ1v) is 10.2. The summed E-state index contributed by atoms with van der Waals surface area (Å²) >= 11 is 0. The number of benzene rings is 2. The second-order valence-electron chi connectivity index (χ2n) is 6.07. The van der Waals surface area contributed by atoms with Gasteiger partial charge in [-0.2, -0.15) is 9.57 Å². The van der Waals surface area contributed by atoms with E-state index in [0.29, 0.717) is 30.1 Å². The predicted octanol–water partition coefficient (Wildman–Crippen LogP) is 3.44.